The smallest absolute Gasteiger partial charge is 0.125 e. The fourth-order valence-corrected chi connectivity index (χ4v) is 1.48. The molecule has 0 aliphatic heterocycles. The minimum atomic E-state index is -0.268. The number of aryl methyl sites for hydroxylation is 1. The minimum absolute atomic E-state index is 0.268. The number of hydrogen-bond donors (Lipinski definition) is 2. The Hall–Kier alpha value is -2.10. The molecule has 0 atom stereocenters. The van der Waals surface area contributed by atoms with Crippen molar-refractivity contribution in [2.24, 2.45) is 0 Å². The summed E-state index contributed by atoms with van der Waals surface area (Å²) in [5.41, 5.74) is 8.51. The zero-order chi connectivity index (χ0) is 11.5. The summed E-state index contributed by atoms with van der Waals surface area (Å²) in [6, 6.07) is 6.49. The summed E-state index contributed by atoms with van der Waals surface area (Å²) < 4.78 is 13.1. The van der Waals surface area contributed by atoms with Gasteiger partial charge in [-0.05, 0) is 36.8 Å². The molecular weight excluding hydrogens is 205 g/mol. The maximum absolute atomic E-state index is 13.1. The monoisotopic (exact) mass is 217 g/mol. The Morgan fingerprint density at radius 3 is 2.81 bits per heavy atom. The van der Waals surface area contributed by atoms with Crippen LogP contribution in [-0.2, 0) is 0 Å². The first kappa shape index (κ1) is 10.4. The van der Waals surface area contributed by atoms with Gasteiger partial charge in [-0.25, -0.2) is 4.39 Å². The van der Waals surface area contributed by atoms with Crippen LogP contribution in [0, 0.1) is 12.7 Å². The number of nitrogen functional groups attached to an aromatic ring is 1. The summed E-state index contributed by atoms with van der Waals surface area (Å²) in [6.45, 7) is 1.84. The predicted molar refractivity (Wildman–Crippen MR) is 63.1 cm³/mol. The lowest BCUT2D eigenvalue weighted by Crippen LogP contribution is -1.97. The summed E-state index contributed by atoms with van der Waals surface area (Å²) in [6.07, 6.45) is 3.18. The number of hydrogen-bond acceptors (Lipinski definition) is 3. The molecular formula is C12H12FN3. The van der Waals surface area contributed by atoms with Gasteiger partial charge in [-0.3, -0.25) is 4.98 Å². The topological polar surface area (TPSA) is 50.9 Å². The van der Waals surface area contributed by atoms with Crippen LogP contribution in [0.3, 0.4) is 0 Å². The largest absolute Gasteiger partial charge is 0.396 e. The molecule has 0 aliphatic carbocycles. The van der Waals surface area contributed by atoms with Crippen LogP contribution in [0.25, 0.3) is 0 Å². The molecule has 0 unspecified atom stereocenters. The highest BCUT2D eigenvalue weighted by atomic mass is 19.1. The minimum Gasteiger partial charge on any atom is -0.396 e. The second-order valence-corrected chi connectivity index (χ2v) is 3.61. The lowest BCUT2D eigenvalue weighted by atomic mass is 10.2. The third-order valence-corrected chi connectivity index (χ3v) is 2.17. The van der Waals surface area contributed by atoms with Crippen molar-refractivity contribution >= 4 is 17.1 Å². The molecule has 0 amide bonds. The number of halogens is 1. The van der Waals surface area contributed by atoms with Crippen molar-refractivity contribution in [2.45, 2.75) is 6.92 Å². The summed E-state index contributed by atoms with van der Waals surface area (Å²) >= 11 is 0. The summed E-state index contributed by atoms with van der Waals surface area (Å²) in [5, 5.41) is 3.05. The van der Waals surface area contributed by atoms with Gasteiger partial charge in [0.05, 0.1) is 17.6 Å². The first-order chi connectivity index (χ1) is 7.65. The Bertz CT molecular complexity index is 491. The van der Waals surface area contributed by atoms with Crippen molar-refractivity contribution in [2.75, 3.05) is 11.1 Å². The SMILES string of the molecule is Cc1cc(F)cc(Nc2ccncc2N)c1. The number of nitrogens with zero attached hydrogens (tertiary/aromatic N) is 1. The molecule has 1 aromatic heterocycles. The first-order valence-electron chi connectivity index (χ1n) is 4.89. The van der Waals surface area contributed by atoms with Crippen LogP contribution < -0.4 is 11.1 Å². The fourth-order valence-electron chi connectivity index (χ4n) is 1.48. The highest BCUT2D eigenvalue weighted by Gasteiger charge is 2.01. The molecule has 1 heterocycles. The van der Waals surface area contributed by atoms with Crippen molar-refractivity contribution in [1.82, 2.24) is 4.98 Å². The number of pyridine rings is 1. The van der Waals surface area contributed by atoms with E-state index in [2.05, 4.69) is 10.3 Å². The molecule has 82 valence electrons. The Kier molecular flexibility index (Phi) is 2.72. The molecule has 0 saturated carbocycles. The van der Waals surface area contributed by atoms with Crippen molar-refractivity contribution in [3.05, 3.63) is 48.0 Å². The maximum atomic E-state index is 13.1. The molecule has 2 rings (SSSR count). The lowest BCUT2D eigenvalue weighted by molar-refractivity contribution is 0.627. The average Bonchev–Trinajstić information content (AvgIpc) is 2.20. The van der Waals surface area contributed by atoms with E-state index in [1.54, 1.807) is 18.5 Å². The van der Waals surface area contributed by atoms with E-state index < -0.39 is 0 Å². The van der Waals surface area contributed by atoms with E-state index in [9.17, 15) is 4.39 Å². The molecule has 0 aliphatic rings. The fraction of sp³-hybridized carbons (Fsp3) is 0.0833. The molecule has 0 spiro atoms. The van der Waals surface area contributed by atoms with Crippen LogP contribution in [0.4, 0.5) is 21.5 Å². The lowest BCUT2D eigenvalue weighted by Gasteiger charge is -2.09. The summed E-state index contributed by atoms with van der Waals surface area (Å²) in [5.74, 6) is -0.268. The molecule has 16 heavy (non-hydrogen) atoms. The highest BCUT2D eigenvalue weighted by molar-refractivity contribution is 5.71. The Morgan fingerprint density at radius 2 is 2.12 bits per heavy atom. The van der Waals surface area contributed by atoms with Crippen LogP contribution >= 0.6 is 0 Å². The van der Waals surface area contributed by atoms with Gasteiger partial charge in [0.25, 0.3) is 0 Å². The van der Waals surface area contributed by atoms with E-state index in [4.69, 9.17) is 5.73 Å². The molecule has 3 N–H and O–H groups in total. The second-order valence-electron chi connectivity index (χ2n) is 3.61. The van der Waals surface area contributed by atoms with Crippen molar-refractivity contribution in [1.29, 1.82) is 0 Å². The second kappa shape index (κ2) is 4.18. The first-order valence-corrected chi connectivity index (χ1v) is 4.89. The van der Waals surface area contributed by atoms with Crippen LogP contribution in [-0.4, -0.2) is 4.98 Å². The third kappa shape index (κ3) is 2.28. The molecule has 0 fully saturated rings. The van der Waals surface area contributed by atoms with E-state index in [1.807, 2.05) is 13.0 Å². The summed E-state index contributed by atoms with van der Waals surface area (Å²) in [7, 11) is 0. The van der Waals surface area contributed by atoms with Crippen LogP contribution in [0.5, 0.6) is 0 Å². The molecule has 2 aromatic rings. The van der Waals surface area contributed by atoms with Gasteiger partial charge in [0.2, 0.25) is 0 Å². The average molecular weight is 217 g/mol. The number of anilines is 3. The van der Waals surface area contributed by atoms with Gasteiger partial charge in [0, 0.05) is 11.9 Å². The number of benzene rings is 1. The van der Waals surface area contributed by atoms with E-state index in [1.165, 1.54) is 12.1 Å². The summed E-state index contributed by atoms with van der Waals surface area (Å²) in [4.78, 5) is 3.88. The number of nitrogens with one attached hydrogen (secondary N) is 1. The molecule has 4 heteroatoms. The molecule has 0 bridgehead atoms. The van der Waals surface area contributed by atoms with Crippen molar-refractivity contribution in [3.63, 3.8) is 0 Å². The van der Waals surface area contributed by atoms with Gasteiger partial charge in [-0.2, -0.15) is 0 Å². The van der Waals surface area contributed by atoms with E-state index >= 15 is 0 Å². The highest BCUT2D eigenvalue weighted by Crippen LogP contribution is 2.22. The van der Waals surface area contributed by atoms with E-state index in [0.29, 0.717) is 11.4 Å². The Morgan fingerprint density at radius 1 is 1.31 bits per heavy atom. The zero-order valence-electron chi connectivity index (χ0n) is 8.87. The van der Waals surface area contributed by atoms with Crippen LogP contribution in [0.15, 0.2) is 36.7 Å². The molecule has 1 aromatic carbocycles. The standard InChI is InChI=1S/C12H12FN3/c1-8-4-9(13)6-10(5-8)16-12-2-3-15-7-11(12)14/h2-7H,14H2,1H3,(H,15,16). The maximum Gasteiger partial charge on any atom is 0.125 e. The van der Waals surface area contributed by atoms with Crippen molar-refractivity contribution in [3.8, 4) is 0 Å². The van der Waals surface area contributed by atoms with Gasteiger partial charge < -0.3 is 11.1 Å². The predicted octanol–water partition coefficient (Wildman–Crippen LogP) is 2.85. The van der Waals surface area contributed by atoms with Gasteiger partial charge in [-0.1, -0.05) is 0 Å². The third-order valence-electron chi connectivity index (χ3n) is 2.17. The Balaban J connectivity index is 2.30. The Labute approximate surface area is 93.1 Å². The normalized spacial score (nSPS) is 10.1. The van der Waals surface area contributed by atoms with Crippen molar-refractivity contribution < 1.29 is 4.39 Å². The number of rotatable bonds is 2. The molecule has 3 nitrogen and oxygen atoms in total. The quantitative estimate of drug-likeness (QED) is 0.813. The number of aromatic nitrogens is 1. The molecule has 0 saturated heterocycles. The zero-order valence-corrected chi connectivity index (χ0v) is 8.87. The van der Waals surface area contributed by atoms with Gasteiger partial charge in [0.1, 0.15) is 5.82 Å². The van der Waals surface area contributed by atoms with Crippen LogP contribution in [0.2, 0.25) is 0 Å². The van der Waals surface area contributed by atoms with E-state index in [0.717, 1.165) is 11.3 Å². The number of nitrogens with two attached hydrogens (primary N) is 1. The molecule has 0 radical (unpaired) electrons. The van der Waals surface area contributed by atoms with Gasteiger partial charge in [-0.15, -0.1) is 0 Å². The van der Waals surface area contributed by atoms with Crippen LogP contribution in [0.1, 0.15) is 5.56 Å². The van der Waals surface area contributed by atoms with E-state index in [-0.39, 0.29) is 5.82 Å². The van der Waals surface area contributed by atoms with Gasteiger partial charge in [0.15, 0.2) is 0 Å². The van der Waals surface area contributed by atoms with Gasteiger partial charge >= 0.3 is 0 Å².